The molecule has 126 valence electrons. The van der Waals surface area contributed by atoms with Crippen LogP contribution in [0.4, 0.5) is 10.1 Å². The van der Waals surface area contributed by atoms with Gasteiger partial charge in [0.25, 0.3) is 10.0 Å². The Morgan fingerprint density at radius 1 is 1.17 bits per heavy atom. The third-order valence-corrected chi connectivity index (χ3v) is 4.57. The minimum absolute atomic E-state index is 0.0238. The predicted molar refractivity (Wildman–Crippen MR) is 89.4 cm³/mol. The summed E-state index contributed by atoms with van der Waals surface area (Å²) in [5.41, 5.74) is 1.27. The average molecular weight is 349 g/mol. The number of hydrogen-bond donors (Lipinski definition) is 1. The summed E-state index contributed by atoms with van der Waals surface area (Å²) in [6, 6.07) is 9.82. The molecule has 0 radical (unpaired) electrons. The van der Waals surface area contributed by atoms with E-state index in [0.29, 0.717) is 5.56 Å². The molecule has 0 spiro atoms. The van der Waals surface area contributed by atoms with E-state index in [0.717, 1.165) is 17.7 Å². The van der Waals surface area contributed by atoms with Crippen LogP contribution in [0.5, 0.6) is 0 Å². The van der Waals surface area contributed by atoms with Crippen molar-refractivity contribution in [2.24, 2.45) is 0 Å². The van der Waals surface area contributed by atoms with Gasteiger partial charge in [0.15, 0.2) is 0 Å². The van der Waals surface area contributed by atoms with Gasteiger partial charge in [0.05, 0.1) is 17.7 Å². The van der Waals surface area contributed by atoms with Crippen molar-refractivity contribution in [3.8, 4) is 0 Å². The van der Waals surface area contributed by atoms with E-state index in [4.69, 9.17) is 0 Å². The van der Waals surface area contributed by atoms with Crippen LogP contribution >= 0.6 is 0 Å². The lowest BCUT2D eigenvalue weighted by atomic mass is 10.1. The van der Waals surface area contributed by atoms with Gasteiger partial charge in [-0.1, -0.05) is 17.7 Å². The molecule has 0 fully saturated rings. The van der Waals surface area contributed by atoms with Crippen LogP contribution in [-0.2, 0) is 19.6 Å². The zero-order chi connectivity index (χ0) is 17.7. The van der Waals surface area contributed by atoms with Gasteiger partial charge in [0.2, 0.25) is 0 Å². The summed E-state index contributed by atoms with van der Waals surface area (Å²) < 4.78 is 45.1. The van der Waals surface area contributed by atoms with Gasteiger partial charge in [-0.25, -0.2) is 17.6 Å². The van der Waals surface area contributed by atoms with Crippen LogP contribution in [-0.4, -0.2) is 21.5 Å². The first-order chi connectivity index (χ1) is 11.3. The number of methoxy groups -OCH3 is 1. The average Bonchev–Trinajstić information content (AvgIpc) is 2.53. The number of esters is 1. The first-order valence-electron chi connectivity index (χ1n) is 6.97. The molecule has 0 heterocycles. The Morgan fingerprint density at radius 3 is 2.46 bits per heavy atom. The van der Waals surface area contributed by atoms with E-state index in [1.807, 2.05) is 6.92 Å². The molecule has 0 aliphatic carbocycles. The first-order valence-corrected chi connectivity index (χ1v) is 8.45. The Hall–Kier alpha value is -2.67. The van der Waals surface area contributed by atoms with Gasteiger partial charge in [0.1, 0.15) is 5.82 Å². The van der Waals surface area contributed by atoms with E-state index >= 15 is 0 Å². The number of carbonyl (C=O) groups excluding carboxylic acids is 1. The van der Waals surface area contributed by atoms with Crippen molar-refractivity contribution in [1.82, 2.24) is 0 Å². The molecule has 0 saturated heterocycles. The quantitative estimate of drug-likeness (QED) is 0.665. The van der Waals surface area contributed by atoms with E-state index in [-0.39, 0.29) is 10.6 Å². The molecular weight excluding hydrogens is 333 g/mol. The number of anilines is 1. The van der Waals surface area contributed by atoms with Gasteiger partial charge in [-0.05, 0) is 48.9 Å². The van der Waals surface area contributed by atoms with Crippen LogP contribution in [0.15, 0.2) is 53.4 Å². The molecule has 0 aromatic heterocycles. The number of ether oxygens (including phenoxy) is 1. The molecule has 5 nitrogen and oxygen atoms in total. The fourth-order valence-electron chi connectivity index (χ4n) is 1.91. The third kappa shape index (κ3) is 4.42. The molecule has 0 unspecified atom stereocenters. The number of benzene rings is 2. The minimum Gasteiger partial charge on any atom is -0.466 e. The molecular formula is C17H16FNO4S. The number of hydrogen-bond acceptors (Lipinski definition) is 4. The number of rotatable bonds is 5. The third-order valence-electron chi connectivity index (χ3n) is 3.19. The zero-order valence-electron chi connectivity index (χ0n) is 13.1. The van der Waals surface area contributed by atoms with Gasteiger partial charge in [0, 0.05) is 6.08 Å². The molecule has 0 bridgehead atoms. The topological polar surface area (TPSA) is 72.5 Å². The molecule has 0 atom stereocenters. The Labute approximate surface area is 139 Å². The van der Waals surface area contributed by atoms with Crippen molar-refractivity contribution in [2.75, 3.05) is 11.8 Å². The van der Waals surface area contributed by atoms with Gasteiger partial charge in [-0.2, -0.15) is 0 Å². The molecule has 0 saturated carbocycles. The van der Waals surface area contributed by atoms with E-state index in [9.17, 15) is 17.6 Å². The summed E-state index contributed by atoms with van der Waals surface area (Å²) >= 11 is 0. The van der Waals surface area contributed by atoms with Crippen LogP contribution < -0.4 is 4.72 Å². The van der Waals surface area contributed by atoms with Crippen molar-refractivity contribution in [1.29, 1.82) is 0 Å². The first kappa shape index (κ1) is 17.7. The second-order valence-corrected chi connectivity index (χ2v) is 6.69. The van der Waals surface area contributed by atoms with Crippen molar-refractivity contribution in [3.05, 3.63) is 65.5 Å². The molecule has 24 heavy (non-hydrogen) atoms. The number of sulfonamides is 1. The summed E-state index contributed by atoms with van der Waals surface area (Å²) in [4.78, 5) is 11.2. The maximum Gasteiger partial charge on any atom is 0.330 e. The molecule has 2 rings (SSSR count). The number of nitrogens with one attached hydrogen (secondary N) is 1. The molecule has 2 aromatic rings. The predicted octanol–water partition coefficient (Wildman–Crippen LogP) is 3.12. The Morgan fingerprint density at radius 2 is 1.83 bits per heavy atom. The summed E-state index contributed by atoms with van der Waals surface area (Å²) in [6.07, 6.45) is 2.47. The SMILES string of the molecule is COC(=O)C=Cc1ccc(F)cc1NS(=O)(=O)c1ccc(C)cc1. The van der Waals surface area contributed by atoms with Crippen molar-refractivity contribution in [3.63, 3.8) is 0 Å². The number of halogens is 1. The summed E-state index contributed by atoms with van der Waals surface area (Å²) in [6.45, 7) is 1.84. The highest BCUT2D eigenvalue weighted by Gasteiger charge is 2.16. The van der Waals surface area contributed by atoms with Crippen LogP contribution in [0.25, 0.3) is 6.08 Å². The monoisotopic (exact) mass is 349 g/mol. The number of carbonyl (C=O) groups is 1. The van der Waals surface area contributed by atoms with E-state index in [2.05, 4.69) is 9.46 Å². The lowest BCUT2D eigenvalue weighted by molar-refractivity contribution is -0.134. The zero-order valence-corrected chi connectivity index (χ0v) is 13.9. The Kier molecular flexibility index (Phi) is 5.35. The van der Waals surface area contributed by atoms with Crippen molar-refractivity contribution in [2.45, 2.75) is 11.8 Å². The summed E-state index contributed by atoms with van der Waals surface area (Å²) in [5, 5.41) is 0. The van der Waals surface area contributed by atoms with E-state index < -0.39 is 21.8 Å². The lowest BCUT2D eigenvalue weighted by Crippen LogP contribution is -2.14. The summed E-state index contributed by atoms with van der Waals surface area (Å²) in [7, 11) is -2.66. The molecule has 7 heteroatoms. The molecule has 0 aliphatic heterocycles. The smallest absolute Gasteiger partial charge is 0.330 e. The lowest BCUT2D eigenvalue weighted by Gasteiger charge is -2.11. The van der Waals surface area contributed by atoms with Crippen LogP contribution in [0, 0.1) is 12.7 Å². The minimum atomic E-state index is -3.88. The second kappa shape index (κ2) is 7.27. The highest BCUT2D eigenvalue weighted by atomic mass is 32.2. The van der Waals surface area contributed by atoms with Crippen LogP contribution in [0.1, 0.15) is 11.1 Å². The second-order valence-electron chi connectivity index (χ2n) is 5.01. The molecule has 0 amide bonds. The van der Waals surface area contributed by atoms with Gasteiger partial charge >= 0.3 is 5.97 Å². The van der Waals surface area contributed by atoms with E-state index in [1.165, 1.54) is 37.5 Å². The maximum absolute atomic E-state index is 13.5. The van der Waals surface area contributed by atoms with Crippen LogP contribution in [0.2, 0.25) is 0 Å². The largest absolute Gasteiger partial charge is 0.466 e. The molecule has 1 N–H and O–H groups in total. The van der Waals surface area contributed by atoms with Gasteiger partial charge in [-0.3, -0.25) is 4.72 Å². The number of aryl methyl sites for hydroxylation is 1. The Bertz CT molecular complexity index is 874. The molecule has 2 aromatic carbocycles. The Balaban J connectivity index is 2.37. The fourth-order valence-corrected chi connectivity index (χ4v) is 2.99. The van der Waals surface area contributed by atoms with Gasteiger partial charge in [-0.15, -0.1) is 0 Å². The van der Waals surface area contributed by atoms with Gasteiger partial charge < -0.3 is 4.74 Å². The fraction of sp³-hybridized carbons (Fsp3) is 0.118. The van der Waals surface area contributed by atoms with Crippen LogP contribution in [0.3, 0.4) is 0 Å². The highest BCUT2D eigenvalue weighted by molar-refractivity contribution is 7.92. The summed E-state index contributed by atoms with van der Waals surface area (Å²) in [5.74, 6) is -1.21. The van der Waals surface area contributed by atoms with Crippen molar-refractivity contribution < 1.29 is 22.3 Å². The van der Waals surface area contributed by atoms with Crippen molar-refractivity contribution >= 4 is 27.8 Å². The highest BCUT2D eigenvalue weighted by Crippen LogP contribution is 2.23. The normalized spacial score (nSPS) is 11.5. The maximum atomic E-state index is 13.5. The van der Waals surface area contributed by atoms with E-state index in [1.54, 1.807) is 12.1 Å². The molecule has 0 aliphatic rings. The standard InChI is InChI=1S/C17H16FNO4S/c1-12-3-8-15(9-4-12)24(21,22)19-16-11-14(18)7-5-13(16)6-10-17(20)23-2/h3-11,19H,1-2H3.